The third-order valence-corrected chi connectivity index (χ3v) is 4.19. The van der Waals surface area contributed by atoms with Gasteiger partial charge in [-0.2, -0.15) is 0 Å². The van der Waals surface area contributed by atoms with E-state index in [9.17, 15) is 5.11 Å². The van der Waals surface area contributed by atoms with Gasteiger partial charge in [0.2, 0.25) is 0 Å². The first-order valence-electron chi connectivity index (χ1n) is 7.50. The Kier molecular flexibility index (Phi) is 3.68. The molecule has 1 aromatic heterocycles. The highest BCUT2D eigenvalue weighted by Gasteiger charge is 2.20. The molecular formula is C16H22N4O. The lowest BCUT2D eigenvalue weighted by molar-refractivity contribution is 0.466. The van der Waals surface area contributed by atoms with Gasteiger partial charge in [-0.25, -0.2) is 0 Å². The highest BCUT2D eigenvalue weighted by molar-refractivity contribution is 5.42. The zero-order valence-electron chi connectivity index (χ0n) is 12.8. The monoisotopic (exact) mass is 286 g/mol. The van der Waals surface area contributed by atoms with Gasteiger partial charge in [-0.15, -0.1) is 10.2 Å². The van der Waals surface area contributed by atoms with E-state index in [4.69, 9.17) is 0 Å². The van der Waals surface area contributed by atoms with Gasteiger partial charge >= 0.3 is 0 Å². The second kappa shape index (κ2) is 5.48. The van der Waals surface area contributed by atoms with Crippen LogP contribution in [-0.2, 0) is 19.5 Å². The summed E-state index contributed by atoms with van der Waals surface area (Å²) in [6, 6.07) is 4.21. The Bertz CT molecular complexity index is 639. The van der Waals surface area contributed by atoms with Crippen molar-refractivity contribution in [1.29, 1.82) is 0 Å². The summed E-state index contributed by atoms with van der Waals surface area (Å²) in [6.45, 7) is 7.77. The minimum absolute atomic E-state index is 0.166. The molecule has 21 heavy (non-hydrogen) atoms. The van der Waals surface area contributed by atoms with E-state index in [1.54, 1.807) is 0 Å². The minimum Gasteiger partial charge on any atom is -0.507 e. The first-order valence-corrected chi connectivity index (χ1v) is 7.50. The number of phenolic OH excluding ortho intramolecular Hbond substituents is 1. The predicted molar refractivity (Wildman–Crippen MR) is 81.2 cm³/mol. The molecule has 0 radical (unpaired) electrons. The summed E-state index contributed by atoms with van der Waals surface area (Å²) in [5.74, 6) is 2.52. The average Bonchev–Trinajstić information content (AvgIpc) is 3.04. The molecule has 0 bridgehead atoms. The molecule has 1 unspecified atom stereocenters. The van der Waals surface area contributed by atoms with Crippen LogP contribution in [0, 0.1) is 13.8 Å². The third kappa shape index (κ3) is 2.65. The van der Waals surface area contributed by atoms with Crippen LogP contribution in [0.3, 0.4) is 0 Å². The summed E-state index contributed by atoms with van der Waals surface area (Å²) in [4.78, 5) is 0. The van der Waals surface area contributed by atoms with Crippen LogP contribution >= 0.6 is 0 Å². The van der Waals surface area contributed by atoms with Gasteiger partial charge < -0.3 is 15.0 Å². The van der Waals surface area contributed by atoms with Crippen LogP contribution in [0.15, 0.2) is 12.1 Å². The maximum Gasteiger partial charge on any atom is 0.149 e. The van der Waals surface area contributed by atoms with Crippen LogP contribution in [0.2, 0.25) is 0 Å². The van der Waals surface area contributed by atoms with Crippen LogP contribution in [-0.4, -0.2) is 19.9 Å². The number of phenols is 1. The van der Waals surface area contributed by atoms with E-state index in [1.807, 2.05) is 26.0 Å². The number of rotatable bonds is 4. The Morgan fingerprint density at radius 2 is 2.00 bits per heavy atom. The molecule has 3 rings (SSSR count). The quantitative estimate of drug-likeness (QED) is 0.906. The van der Waals surface area contributed by atoms with Crippen LogP contribution in [0.1, 0.15) is 47.7 Å². The van der Waals surface area contributed by atoms with Crippen LogP contribution in [0.4, 0.5) is 0 Å². The number of fused-ring (bicyclic) bond motifs is 1. The Morgan fingerprint density at radius 3 is 2.71 bits per heavy atom. The molecule has 2 aromatic rings. The maximum absolute atomic E-state index is 9.82. The maximum atomic E-state index is 9.82. The van der Waals surface area contributed by atoms with Crippen molar-refractivity contribution >= 4 is 0 Å². The van der Waals surface area contributed by atoms with Gasteiger partial charge in [0.05, 0.1) is 6.04 Å². The van der Waals surface area contributed by atoms with E-state index in [0.29, 0.717) is 5.75 Å². The summed E-state index contributed by atoms with van der Waals surface area (Å²) >= 11 is 0. The number of benzene rings is 1. The Balaban J connectivity index is 1.70. The standard InChI is InChI=1S/C16H22N4O/c1-10-7-13(8-11(2)15(10)21)9-17-12(3)16-19-18-14-5-4-6-20(14)16/h7-8,12,17,21H,4-6,9H2,1-3H3. The van der Waals surface area contributed by atoms with Crippen molar-refractivity contribution in [2.75, 3.05) is 0 Å². The lowest BCUT2D eigenvalue weighted by Gasteiger charge is -2.15. The molecule has 1 aromatic carbocycles. The molecule has 1 aliphatic heterocycles. The zero-order valence-corrected chi connectivity index (χ0v) is 12.8. The SMILES string of the molecule is Cc1cc(CNC(C)c2nnc3n2CCC3)cc(C)c1O. The summed E-state index contributed by atoms with van der Waals surface area (Å²) < 4.78 is 2.23. The molecule has 0 spiro atoms. The van der Waals surface area contributed by atoms with Crippen molar-refractivity contribution in [1.82, 2.24) is 20.1 Å². The Morgan fingerprint density at radius 1 is 1.29 bits per heavy atom. The Labute approximate surface area is 125 Å². The molecule has 0 saturated heterocycles. The molecule has 5 heteroatoms. The molecule has 2 N–H and O–H groups in total. The number of nitrogens with zero attached hydrogens (tertiary/aromatic N) is 3. The van der Waals surface area contributed by atoms with Crippen molar-refractivity contribution in [2.45, 2.75) is 52.7 Å². The predicted octanol–water partition coefficient (Wildman–Crippen LogP) is 2.40. The molecule has 0 saturated carbocycles. The minimum atomic E-state index is 0.166. The number of aromatic hydroxyl groups is 1. The van der Waals surface area contributed by atoms with Crippen molar-refractivity contribution in [3.05, 3.63) is 40.5 Å². The summed E-state index contributed by atoms with van der Waals surface area (Å²) in [5.41, 5.74) is 3.02. The van der Waals surface area contributed by atoms with Crippen LogP contribution < -0.4 is 5.32 Å². The van der Waals surface area contributed by atoms with Crippen molar-refractivity contribution in [3.8, 4) is 5.75 Å². The summed E-state index contributed by atoms with van der Waals surface area (Å²) in [7, 11) is 0. The van der Waals surface area contributed by atoms with Gasteiger partial charge in [0.25, 0.3) is 0 Å². The second-order valence-corrected chi connectivity index (χ2v) is 5.91. The van der Waals surface area contributed by atoms with Gasteiger partial charge in [-0.3, -0.25) is 0 Å². The van der Waals surface area contributed by atoms with E-state index >= 15 is 0 Å². The first kappa shape index (κ1) is 14.1. The topological polar surface area (TPSA) is 63.0 Å². The second-order valence-electron chi connectivity index (χ2n) is 5.91. The zero-order chi connectivity index (χ0) is 15.0. The van der Waals surface area contributed by atoms with Crippen molar-refractivity contribution in [2.24, 2.45) is 0 Å². The molecular weight excluding hydrogens is 264 g/mol. The van der Waals surface area contributed by atoms with E-state index in [0.717, 1.165) is 42.3 Å². The number of aromatic nitrogens is 3. The van der Waals surface area contributed by atoms with Crippen LogP contribution in [0.5, 0.6) is 5.75 Å². The molecule has 112 valence electrons. The fourth-order valence-corrected chi connectivity index (χ4v) is 3.00. The summed E-state index contributed by atoms with van der Waals surface area (Å²) in [6.07, 6.45) is 2.21. The van der Waals surface area contributed by atoms with Crippen LogP contribution in [0.25, 0.3) is 0 Å². The number of hydrogen-bond acceptors (Lipinski definition) is 4. The van der Waals surface area contributed by atoms with E-state index in [-0.39, 0.29) is 6.04 Å². The van der Waals surface area contributed by atoms with Crippen molar-refractivity contribution < 1.29 is 5.11 Å². The largest absolute Gasteiger partial charge is 0.507 e. The highest BCUT2D eigenvalue weighted by atomic mass is 16.3. The lowest BCUT2D eigenvalue weighted by Crippen LogP contribution is -2.21. The summed E-state index contributed by atoms with van der Waals surface area (Å²) in [5, 5.41) is 21.9. The average molecular weight is 286 g/mol. The number of nitrogens with one attached hydrogen (secondary N) is 1. The third-order valence-electron chi connectivity index (χ3n) is 4.19. The molecule has 5 nitrogen and oxygen atoms in total. The molecule has 2 heterocycles. The molecule has 0 aliphatic carbocycles. The van der Waals surface area contributed by atoms with Gasteiger partial charge in [0.1, 0.15) is 17.4 Å². The lowest BCUT2D eigenvalue weighted by atomic mass is 10.1. The number of aryl methyl sites for hydroxylation is 3. The van der Waals surface area contributed by atoms with Gasteiger partial charge in [-0.1, -0.05) is 12.1 Å². The molecule has 1 atom stereocenters. The smallest absolute Gasteiger partial charge is 0.149 e. The van der Waals surface area contributed by atoms with Gasteiger partial charge in [0, 0.05) is 19.5 Å². The van der Waals surface area contributed by atoms with Gasteiger partial charge in [-0.05, 0) is 43.9 Å². The normalized spacial score (nSPS) is 15.2. The molecule has 0 fully saturated rings. The Hall–Kier alpha value is -1.88. The van der Waals surface area contributed by atoms with E-state index < -0.39 is 0 Å². The highest BCUT2D eigenvalue weighted by Crippen LogP contribution is 2.24. The fraction of sp³-hybridized carbons (Fsp3) is 0.500. The van der Waals surface area contributed by atoms with E-state index in [2.05, 4.69) is 27.0 Å². The van der Waals surface area contributed by atoms with Gasteiger partial charge in [0.15, 0.2) is 0 Å². The molecule has 1 aliphatic rings. The van der Waals surface area contributed by atoms with Crippen molar-refractivity contribution in [3.63, 3.8) is 0 Å². The molecule has 0 amide bonds. The number of hydrogen-bond donors (Lipinski definition) is 2. The fourth-order valence-electron chi connectivity index (χ4n) is 3.00. The first-order chi connectivity index (χ1) is 10.1. The van der Waals surface area contributed by atoms with E-state index in [1.165, 1.54) is 12.0 Å².